The van der Waals surface area contributed by atoms with E-state index in [1.807, 2.05) is 32.0 Å². The number of fused-ring (bicyclic) bond motifs is 1. The van der Waals surface area contributed by atoms with E-state index in [0.717, 1.165) is 17.1 Å². The van der Waals surface area contributed by atoms with E-state index in [9.17, 15) is 4.79 Å². The molecule has 0 spiro atoms. The number of nitrogens with zero attached hydrogens (tertiary/aromatic N) is 1. The normalized spacial score (nSPS) is 17.8. The third-order valence-electron chi connectivity index (χ3n) is 2.85. The van der Waals surface area contributed by atoms with Crippen molar-refractivity contribution in [3.63, 3.8) is 0 Å². The van der Waals surface area contributed by atoms with E-state index in [1.54, 1.807) is 19.1 Å². The maximum Gasteiger partial charge on any atom is 0.251 e. The second-order valence-electron chi connectivity index (χ2n) is 4.50. The molecule has 4 heteroatoms. The Morgan fingerprint density at radius 3 is 2.69 bits per heavy atom. The Balaban J connectivity index is 2.51. The maximum absolute atomic E-state index is 12.0. The number of anilines is 2. The lowest BCUT2D eigenvalue weighted by Crippen LogP contribution is -2.52. The lowest BCUT2D eigenvalue weighted by Gasteiger charge is -2.38. The number of ether oxygens (including phenoxy) is 1. The lowest BCUT2D eigenvalue weighted by atomic mass is 9.98. The molecule has 0 saturated heterocycles. The Kier molecular flexibility index (Phi) is 2.30. The van der Waals surface area contributed by atoms with Crippen LogP contribution in [0.15, 0.2) is 18.2 Å². The van der Waals surface area contributed by atoms with Crippen LogP contribution in [0.25, 0.3) is 0 Å². The monoisotopic (exact) mass is 220 g/mol. The standard InChI is InChI=1S/C12H16N2O2/c1-12(2)11(15)14(3)10-7-8(16-4)5-6-9(10)13-12/h5-7,13H,1-4H3. The average molecular weight is 220 g/mol. The van der Waals surface area contributed by atoms with Crippen molar-refractivity contribution in [1.82, 2.24) is 0 Å². The molecule has 0 atom stereocenters. The molecule has 0 bridgehead atoms. The van der Waals surface area contributed by atoms with E-state index < -0.39 is 5.54 Å². The summed E-state index contributed by atoms with van der Waals surface area (Å²) in [6.45, 7) is 3.75. The van der Waals surface area contributed by atoms with Crippen LogP contribution in [0.5, 0.6) is 5.75 Å². The number of carbonyl (C=O) groups excluding carboxylic acids is 1. The van der Waals surface area contributed by atoms with Gasteiger partial charge in [0.25, 0.3) is 5.91 Å². The number of nitrogens with one attached hydrogen (secondary N) is 1. The Labute approximate surface area is 95.2 Å². The molecule has 2 rings (SSSR count). The average Bonchev–Trinajstić information content (AvgIpc) is 2.25. The quantitative estimate of drug-likeness (QED) is 0.785. The van der Waals surface area contributed by atoms with E-state index >= 15 is 0 Å². The summed E-state index contributed by atoms with van der Waals surface area (Å²) in [6.07, 6.45) is 0. The van der Waals surface area contributed by atoms with E-state index in [-0.39, 0.29) is 5.91 Å². The van der Waals surface area contributed by atoms with Gasteiger partial charge < -0.3 is 15.0 Å². The van der Waals surface area contributed by atoms with Crippen molar-refractivity contribution in [2.24, 2.45) is 0 Å². The van der Waals surface area contributed by atoms with Gasteiger partial charge in [-0.25, -0.2) is 0 Å². The summed E-state index contributed by atoms with van der Waals surface area (Å²) < 4.78 is 5.15. The molecular formula is C12H16N2O2. The van der Waals surface area contributed by atoms with Crippen molar-refractivity contribution in [1.29, 1.82) is 0 Å². The van der Waals surface area contributed by atoms with Crippen LogP contribution in [0.1, 0.15) is 13.8 Å². The maximum atomic E-state index is 12.0. The van der Waals surface area contributed by atoms with E-state index in [2.05, 4.69) is 5.32 Å². The van der Waals surface area contributed by atoms with Gasteiger partial charge in [0.2, 0.25) is 0 Å². The fourth-order valence-corrected chi connectivity index (χ4v) is 1.94. The van der Waals surface area contributed by atoms with Crippen molar-refractivity contribution >= 4 is 17.3 Å². The van der Waals surface area contributed by atoms with E-state index in [0.29, 0.717) is 0 Å². The van der Waals surface area contributed by atoms with Crippen LogP contribution in [0.4, 0.5) is 11.4 Å². The fraction of sp³-hybridized carbons (Fsp3) is 0.417. The van der Waals surface area contributed by atoms with Gasteiger partial charge in [-0.05, 0) is 26.0 Å². The van der Waals surface area contributed by atoms with Crippen molar-refractivity contribution in [3.05, 3.63) is 18.2 Å². The van der Waals surface area contributed by atoms with Crippen molar-refractivity contribution < 1.29 is 9.53 Å². The van der Waals surface area contributed by atoms with Gasteiger partial charge in [0.15, 0.2) is 0 Å². The summed E-state index contributed by atoms with van der Waals surface area (Å²) in [7, 11) is 3.40. The van der Waals surface area contributed by atoms with Crippen molar-refractivity contribution in [3.8, 4) is 5.75 Å². The van der Waals surface area contributed by atoms with Crippen LogP contribution in [-0.2, 0) is 4.79 Å². The first kappa shape index (κ1) is 10.8. The molecule has 0 unspecified atom stereocenters. The number of amides is 1. The highest BCUT2D eigenvalue weighted by molar-refractivity contribution is 6.07. The van der Waals surface area contributed by atoms with Crippen LogP contribution in [0.3, 0.4) is 0 Å². The molecule has 1 aromatic carbocycles. The molecule has 4 nitrogen and oxygen atoms in total. The Morgan fingerprint density at radius 2 is 2.06 bits per heavy atom. The highest BCUT2D eigenvalue weighted by Crippen LogP contribution is 2.36. The number of hydrogen-bond donors (Lipinski definition) is 1. The minimum Gasteiger partial charge on any atom is -0.497 e. The van der Waals surface area contributed by atoms with Gasteiger partial charge >= 0.3 is 0 Å². The van der Waals surface area contributed by atoms with Gasteiger partial charge in [-0.15, -0.1) is 0 Å². The molecule has 0 fully saturated rings. The van der Waals surface area contributed by atoms with Crippen LogP contribution >= 0.6 is 0 Å². The molecule has 1 N–H and O–H groups in total. The summed E-state index contributed by atoms with van der Waals surface area (Å²) in [5.41, 5.74) is 1.24. The van der Waals surface area contributed by atoms with Crippen LogP contribution in [-0.4, -0.2) is 25.6 Å². The molecule has 1 aliphatic heterocycles. The van der Waals surface area contributed by atoms with Gasteiger partial charge in [0.05, 0.1) is 18.5 Å². The summed E-state index contributed by atoms with van der Waals surface area (Å²) in [4.78, 5) is 13.7. The number of rotatable bonds is 1. The molecule has 0 aromatic heterocycles. The molecule has 0 radical (unpaired) electrons. The number of benzene rings is 1. The minimum absolute atomic E-state index is 0.0493. The van der Waals surface area contributed by atoms with Gasteiger partial charge in [0.1, 0.15) is 11.3 Å². The molecular weight excluding hydrogens is 204 g/mol. The SMILES string of the molecule is COc1ccc2c(c1)N(C)C(=O)C(C)(C)N2. The van der Waals surface area contributed by atoms with Crippen LogP contribution < -0.4 is 15.0 Å². The summed E-state index contributed by atoms with van der Waals surface area (Å²) >= 11 is 0. The molecule has 0 saturated carbocycles. The second-order valence-corrected chi connectivity index (χ2v) is 4.50. The van der Waals surface area contributed by atoms with Gasteiger partial charge in [-0.3, -0.25) is 4.79 Å². The topological polar surface area (TPSA) is 41.6 Å². The summed E-state index contributed by atoms with van der Waals surface area (Å²) in [5, 5.41) is 3.22. The number of likely N-dealkylation sites (N-methyl/N-ethyl adjacent to an activating group) is 1. The highest BCUT2D eigenvalue weighted by atomic mass is 16.5. The molecule has 1 aromatic rings. The largest absolute Gasteiger partial charge is 0.497 e. The molecule has 0 aliphatic carbocycles. The fourth-order valence-electron chi connectivity index (χ4n) is 1.94. The summed E-state index contributed by atoms with van der Waals surface area (Å²) in [6, 6.07) is 5.67. The van der Waals surface area contributed by atoms with Crippen molar-refractivity contribution in [2.45, 2.75) is 19.4 Å². The Morgan fingerprint density at radius 1 is 1.38 bits per heavy atom. The smallest absolute Gasteiger partial charge is 0.251 e. The zero-order chi connectivity index (χ0) is 11.9. The molecule has 86 valence electrons. The molecule has 16 heavy (non-hydrogen) atoms. The minimum atomic E-state index is -0.559. The van der Waals surface area contributed by atoms with E-state index in [1.165, 1.54) is 0 Å². The van der Waals surface area contributed by atoms with Crippen LogP contribution in [0.2, 0.25) is 0 Å². The van der Waals surface area contributed by atoms with Crippen LogP contribution in [0, 0.1) is 0 Å². The number of methoxy groups -OCH3 is 1. The zero-order valence-electron chi connectivity index (χ0n) is 10.00. The third kappa shape index (κ3) is 1.50. The summed E-state index contributed by atoms with van der Waals surface area (Å²) in [5.74, 6) is 0.799. The highest BCUT2D eigenvalue weighted by Gasteiger charge is 2.36. The van der Waals surface area contributed by atoms with E-state index in [4.69, 9.17) is 4.74 Å². The Bertz CT molecular complexity index is 441. The predicted molar refractivity (Wildman–Crippen MR) is 64.1 cm³/mol. The van der Waals surface area contributed by atoms with Gasteiger partial charge in [-0.1, -0.05) is 0 Å². The second kappa shape index (κ2) is 3.40. The first-order valence-corrected chi connectivity index (χ1v) is 5.20. The van der Waals surface area contributed by atoms with Gasteiger partial charge in [0, 0.05) is 13.1 Å². The molecule has 1 aliphatic rings. The first-order valence-electron chi connectivity index (χ1n) is 5.20. The lowest BCUT2D eigenvalue weighted by molar-refractivity contribution is -0.121. The first-order chi connectivity index (χ1) is 7.45. The predicted octanol–water partition coefficient (Wildman–Crippen LogP) is 1.86. The number of hydrogen-bond acceptors (Lipinski definition) is 3. The third-order valence-corrected chi connectivity index (χ3v) is 2.85. The zero-order valence-corrected chi connectivity index (χ0v) is 10.00. The van der Waals surface area contributed by atoms with Crippen molar-refractivity contribution in [2.75, 3.05) is 24.4 Å². The molecule has 1 amide bonds. The van der Waals surface area contributed by atoms with Gasteiger partial charge in [-0.2, -0.15) is 0 Å². The molecule has 1 heterocycles. The Hall–Kier alpha value is -1.71. The number of carbonyl (C=O) groups is 1.